The van der Waals surface area contributed by atoms with Gasteiger partial charge in [0, 0.05) is 24.1 Å². The fraction of sp³-hybridized carbons (Fsp3) is 0.412. The first-order valence-corrected chi connectivity index (χ1v) is 7.56. The number of aryl methyl sites for hydroxylation is 1. The number of fused-ring (bicyclic) bond motifs is 1. The summed E-state index contributed by atoms with van der Waals surface area (Å²) in [6, 6.07) is 12.5. The number of rotatable bonds is 8. The molecule has 0 bridgehead atoms. The third-order valence-corrected chi connectivity index (χ3v) is 3.82. The molecule has 0 heterocycles. The van der Waals surface area contributed by atoms with Crippen LogP contribution in [0, 0.1) is 0 Å². The number of methoxy groups -OCH3 is 1. The minimum atomic E-state index is 0.780. The van der Waals surface area contributed by atoms with E-state index < -0.39 is 0 Å². The summed E-state index contributed by atoms with van der Waals surface area (Å²) < 4.78 is 5.00. The Morgan fingerprint density at radius 1 is 1.00 bits per heavy atom. The number of nitrogens with one attached hydrogen (secondary N) is 1. The highest BCUT2D eigenvalue weighted by Gasteiger charge is 2.03. The Bertz CT molecular complexity index is 542. The molecule has 20 heavy (non-hydrogen) atoms. The maximum atomic E-state index is 6.24. The van der Waals surface area contributed by atoms with E-state index in [1.165, 1.54) is 23.8 Å². The van der Waals surface area contributed by atoms with E-state index in [4.69, 9.17) is 16.3 Å². The van der Waals surface area contributed by atoms with Gasteiger partial charge in [0.1, 0.15) is 0 Å². The molecule has 0 fully saturated rings. The topological polar surface area (TPSA) is 21.3 Å². The number of halogens is 1. The van der Waals surface area contributed by atoms with E-state index in [2.05, 4.69) is 29.6 Å². The Hall–Kier alpha value is -1.09. The Labute approximate surface area is 126 Å². The molecule has 0 saturated heterocycles. The fourth-order valence-corrected chi connectivity index (χ4v) is 2.64. The van der Waals surface area contributed by atoms with Crippen LogP contribution < -0.4 is 5.32 Å². The molecule has 0 aliphatic carbocycles. The molecule has 0 radical (unpaired) electrons. The molecule has 0 atom stereocenters. The molecule has 1 N–H and O–H groups in total. The molecule has 0 saturated carbocycles. The molecule has 0 unspecified atom stereocenters. The fourth-order valence-electron chi connectivity index (χ4n) is 2.41. The Morgan fingerprint density at radius 2 is 1.80 bits per heavy atom. The summed E-state index contributed by atoms with van der Waals surface area (Å²) in [4.78, 5) is 0. The molecule has 0 aliphatic heterocycles. The molecule has 2 aromatic carbocycles. The molecule has 0 spiro atoms. The first-order valence-electron chi connectivity index (χ1n) is 7.18. The van der Waals surface area contributed by atoms with E-state index in [1.807, 2.05) is 12.1 Å². The standard InChI is InChI=1S/C17H22ClNO/c1-20-13-12-19-11-5-4-6-14-9-10-17(18)16-8-3-2-7-15(14)16/h2-3,7-10,19H,4-6,11-13H2,1H3. The van der Waals surface area contributed by atoms with Crippen LogP contribution in [-0.2, 0) is 11.2 Å². The number of ether oxygens (including phenoxy) is 1. The van der Waals surface area contributed by atoms with Crippen molar-refractivity contribution < 1.29 is 4.74 Å². The second-order valence-corrected chi connectivity index (χ2v) is 5.36. The average Bonchev–Trinajstić information content (AvgIpc) is 2.49. The zero-order valence-electron chi connectivity index (χ0n) is 12.0. The summed E-state index contributed by atoms with van der Waals surface area (Å²) in [6.45, 7) is 2.76. The van der Waals surface area contributed by atoms with Crippen molar-refractivity contribution in [1.82, 2.24) is 5.32 Å². The predicted molar refractivity (Wildman–Crippen MR) is 86.6 cm³/mol. The Balaban J connectivity index is 1.86. The molecule has 2 rings (SSSR count). The molecule has 2 nitrogen and oxygen atoms in total. The van der Waals surface area contributed by atoms with Gasteiger partial charge in [0.05, 0.1) is 6.61 Å². The third-order valence-electron chi connectivity index (χ3n) is 3.49. The van der Waals surface area contributed by atoms with Crippen LogP contribution in [0.3, 0.4) is 0 Å². The van der Waals surface area contributed by atoms with Gasteiger partial charge in [-0.25, -0.2) is 0 Å². The lowest BCUT2D eigenvalue weighted by molar-refractivity contribution is 0.199. The molecule has 0 aromatic heterocycles. The number of unbranched alkanes of at least 4 members (excludes halogenated alkanes) is 1. The van der Waals surface area contributed by atoms with Gasteiger partial charge in [0.15, 0.2) is 0 Å². The number of hydrogen-bond acceptors (Lipinski definition) is 2. The van der Waals surface area contributed by atoms with Gasteiger partial charge in [0.25, 0.3) is 0 Å². The van der Waals surface area contributed by atoms with Gasteiger partial charge in [-0.3, -0.25) is 0 Å². The quantitative estimate of drug-likeness (QED) is 0.741. The van der Waals surface area contributed by atoms with Crippen molar-refractivity contribution in [3.05, 3.63) is 47.0 Å². The molecule has 0 amide bonds. The largest absolute Gasteiger partial charge is 0.383 e. The van der Waals surface area contributed by atoms with Crippen molar-refractivity contribution >= 4 is 22.4 Å². The second-order valence-electron chi connectivity index (χ2n) is 4.95. The lowest BCUT2D eigenvalue weighted by Gasteiger charge is -2.08. The highest BCUT2D eigenvalue weighted by Crippen LogP contribution is 2.27. The van der Waals surface area contributed by atoms with Crippen molar-refractivity contribution in [2.24, 2.45) is 0 Å². The second kappa shape index (κ2) is 8.25. The van der Waals surface area contributed by atoms with Crippen LogP contribution in [0.1, 0.15) is 18.4 Å². The summed E-state index contributed by atoms with van der Waals surface area (Å²) in [5.74, 6) is 0. The zero-order valence-corrected chi connectivity index (χ0v) is 12.7. The van der Waals surface area contributed by atoms with Crippen molar-refractivity contribution in [1.29, 1.82) is 0 Å². The monoisotopic (exact) mass is 291 g/mol. The van der Waals surface area contributed by atoms with E-state index in [-0.39, 0.29) is 0 Å². The Morgan fingerprint density at radius 3 is 2.60 bits per heavy atom. The molecular formula is C17H22ClNO. The molecular weight excluding hydrogens is 270 g/mol. The van der Waals surface area contributed by atoms with Crippen LogP contribution in [0.5, 0.6) is 0 Å². The average molecular weight is 292 g/mol. The van der Waals surface area contributed by atoms with E-state index in [0.29, 0.717) is 0 Å². The van der Waals surface area contributed by atoms with E-state index >= 15 is 0 Å². The van der Waals surface area contributed by atoms with Gasteiger partial charge in [-0.15, -0.1) is 0 Å². The SMILES string of the molecule is COCCNCCCCc1ccc(Cl)c2ccccc12. The van der Waals surface area contributed by atoms with Gasteiger partial charge < -0.3 is 10.1 Å². The first kappa shape index (κ1) is 15.3. The summed E-state index contributed by atoms with van der Waals surface area (Å²) in [6.07, 6.45) is 3.47. The van der Waals surface area contributed by atoms with Crippen LogP contribution in [-0.4, -0.2) is 26.8 Å². The molecule has 0 aliphatic rings. The summed E-state index contributed by atoms with van der Waals surface area (Å²) in [5, 5.41) is 6.65. The molecule has 3 heteroatoms. The minimum Gasteiger partial charge on any atom is -0.383 e. The predicted octanol–water partition coefficient (Wildman–Crippen LogP) is 4.05. The third kappa shape index (κ3) is 4.20. The number of hydrogen-bond donors (Lipinski definition) is 1. The maximum absolute atomic E-state index is 6.24. The van der Waals surface area contributed by atoms with Gasteiger partial charge >= 0.3 is 0 Å². The van der Waals surface area contributed by atoms with E-state index in [0.717, 1.165) is 36.5 Å². The normalized spacial score (nSPS) is 11.1. The van der Waals surface area contributed by atoms with Crippen LogP contribution in [0.2, 0.25) is 5.02 Å². The molecule has 2 aromatic rings. The van der Waals surface area contributed by atoms with Crippen LogP contribution in [0.15, 0.2) is 36.4 Å². The highest BCUT2D eigenvalue weighted by molar-refractivity contribution is 6.35. The highest BCUT2D eigenvalue weighted by atomic mass is 35.5. The Kier molecular flexibility index (Phi) is 6.31. The summed E-state index contributed by atoms with van der Waals surface area (Å²) in [5.41, 5.74) is 1.39. The molecule has 108 valence electrons. The summed E-state index contributed by atoms with van der Waals surface area (Å²) in [7, 11) is 1.73. The van der Waals surface area contributed by atoms with Gasteiger partial charge in [-0.1, -0.05) is 41.9 Å². The van der Waals surface area contributed by atoms with Gasteiger partial charge in [-0.05, 0) is 42.8 Å². The lowest BCUT2D eigenvalue weighted by atomic mass is 10.00. The van der Waals surface area contributed by atoms with Crippen molar-refractivity contribution in [2.45, 2.75) is 19.3 Å². The zero-order chi connectivity index (χ0) is 14.2. The van der Waals surface area contributed by atoms with E-state index in [1.54, 1.807) is 7.11 Å². The smallest absolute Gasteiger partial charge is 0.0587 e. The lowest BCUT2D eigenvalue weighted by Crippen LogP contribution is -2.20. The maximum Gasteiger partial charge on any atom is 0.0587 e. The van der Waals surface area contributed by atoms with Crippen molar-refractivity contribution in [3.63, 3.8) is 0 Å². The van der Waals surface area contributed by atoms with Crippen molar-refractivity contribution in [2.75, 3.05) is 26.8 Å². The van der Waals surface area contributed by atoms with Crippen LogP contribution >= 0.6 is 11.6 Å². The number of benzene rings is 2. The van der Waals surface area contributed by atoms with Crippen LogP contribution in [0.25, 0.3) is 10.8 Å². The van der Waals surface area contributed by atoms with Crippen molar-refractivity contribution in [3.8, 4) is 0 Å². The van der Waals surface area contributed by atoms with Gasteiger partial charge in [0.2, 0.25) is 0 Å². The summed E-state index contributed by atoms with van der Waals surface area (Å²) >= 11 is 6.24. The minimum absolute atomic E-state index is 0.780. The van der Waals surface area contributed by atoms with E-state index in [9.17, 15) is 0 Å². The van der Waals surface area contributed by atoms with Gasteiger partial charge in [-0.2, -0.15) is 0 Å². The van der Waals surface area contributed by atoms with Crippen LogP contribution in [0.4, 0.5) is 0 Å². The first-order chi connectivity index (χ1) is 9.83.